The lowest BCUT2D eigenvalue weighted by molar-refractivity contribution is -0.129. The molecule has 1 amide bonds. The highest BCUT2D eigenvalue weighted by Crippen LogP contribution is 2.25. The van der Waals surface area contributed by atoms with Crippen molar-refractivity contribution >= 4 is 5.91 Å². The van der Waals surface area contributed by atoms with Crippen molar-refractivity contribution in [2.24, 2.45) is 0 Å². The minimum Gasteiger partial charge on any atom is -0.493 e. The van der Waals surface area contributed by atoms with E-state index in [2.05, 4.69) is 11.1 Å². The summed E-state index contributed by atoms with van der Waals surface area (Å²) in [6.07, 6.45) is 6.95. The van der Waals surface area contributed by atoms with Crippen molar-refractivity contribution in [3.8, 4) is 5.75 Å². The maximum Gasteiger partial charge on any atom is 0.226 e. The van der Waals surface area contributed by atoms with E-state index in [0.29, 0.717) is 6.42 Å². The molecule has 0 saturated heterocycles. The van der Waals surface area contributed by atoms with Gasteiger partial charge in [0.2, 0.25) is 5.91 Å². The summed E-state index contributed by atoms with van der Waals surface area (Å²) in [5.74, 6) is 1.12. The number of aromatic nitrogens is 1. The van der Waals surface area contributed by atoms with E-state index in [1.54, 1.807) is 17.3 Å². The first-order chi connectivity index (χ1) is 11.2. The summed E-state index contributed by atoms with van der Waals surface area (Å²) in [6.45, 7) is 1.51. The van der Waals surface area contributed by atoms with Crippen LogP contribution < -0.4 is 4.74 Å². The van der Waals surface area contributed by atoms with Gasteiger partial charge in [-0.15, -0.1) is 0 Å². The molecule has 3 rings (SSSR count). The summed E-state index contributed by atoms with van der Waals surface area (Å²) < 4.78 is 5.62. The number of aryl methyl sites for hydroxylation is 1. The summed E-state index contributed by atoms with van der Waals surface area (Å²) in [7, 11) is 1.87. The fraction of sp³-hybridized carbons (Fsp3) is 0.368. The van der Waals surface area contributed by atoms with Gasteiger partial charge < -0.3 is 9.64 Å². The number of amides is 1. The van der Waals surface area contributed by atoms with Crippen LogP contribution in [0.5, 0.6) is 5.75 Å². The smallest absolute Gasteiger partial charge is 0.226 e. The molecule has 0 unspecified atom stereocenters. The summed E-state index contributed by atoms with van der Waals surface area (Å²) in [5, 5.41) is 0. The minimum atomic E-state index is 0.149. The van der Waals surface area contributed by atoms with Crippen LogP contribution in [0.1, 0.15) is 23.1 Å². The van der Waals surface area contributed by atoms with E-state index in [-0.39, 0.29) is 5.91 Å². The molecule has 0 spiro atoms. The minimum absolute atomic E-state index is 0.149. The van der Waals surface area contributed by atoms with Crippen LogP contribution in [-0.4, -0.2) is 36.0 Å². The third-order valence-electron chi connectivity index (χ3n) is 4.24. The van der Waals surface area contributed by atoms with Gasteiger partial charge in [-0.3, -0.25) is 9.78 Å². The predicted octanol–water partition coefficient (Wildman–Crippen LogP) is 2.65. The first-order valence-corrected chi connectivity index (χ1v) is 8.10. The number of rotatable bonds is 5. The lowest BCUT2D eigenvalue weighted by Gasteiger charge is -2.20. The Morgan fingerprint density at radius 1 is 1.22 bits per heavy atom. The van der Waals surface area contributed by atoms with Gasteiger partial charge in [-0.1, -0.05) is 12.1 Å². The summed E-state index contributed by atoms with van der Waals surface area (Å²) in [6, 6.07) is 10.1. The number of nitrogens with zero attached hydrogens (tertiary/aromatic N) is 2. The third-order valence-corrected chi connectivity index (χ3v) is 4.24. The summed E-state index contributed by atoms with van der Waals surface area (Å²) >= 11 is 0. The molecule has 0 radical (unpaired) electrons. The molecule has 0 bridgehead atoms. The Bertz CT molecular complexity index is 670. The number of carbonyl (C=O) groups excluding carboxylic acids is 1. The van der Waals surface area contributed by atoms with Crippen LogP contribution in [0.4, 0.5) is 0 Å². The van der Waals surface area contributed by atoms with Crippen LogP contribution >= 0.6 is 0 Å². The second-order valence-electron chi connectivity index (χ2n) is 5.99. The number of hydrogen-bond donors (Lipinski definition) is 0. The first kappa shape index (κ1) is 15.5. The Morgan fingerprint density at radius 2 is 2.04 bits per heavy atom. The lowest BCUT2D eigenvalue weighted by atomic mass is 10.0. The Kier molecular flexibility index (Phi) is 4.91. The van der Waals surface area contributed by atoms with Crippen LogP contribution in [-0.2, 0) is 24.1 Å². The molecule has 4 nitrogen and oxygen atoms in total. The maximum absolute atomic E-state index is 12.4. The molecule has 0 atom stereocenters. The third kappa shape index (κ3) is 4.09. The largest absolute Gasteiger partial charge is 0.493 e. The summed E-state index contributed by atoms with van der Waals surface area (Å²) in [4.78, 5) is 18.2. The van der Waals surface area contributed by atoms with E-state index >= 15 is 0 Å². The molecular formula is C19H22N2O2. The Hall–Kier alpha value is -2.36. The molecule has 0 aliphatic carbocycles. The highest BCUT2D eigenvalue weighted by atomic mass is 16.5. The molecule has 0 N–H and O–H groups in total. The maximum atomic E-state index is 12.4. The molecule has 1 aromatic heterocycles. The van der Waals surface area contributed by atoms with Gasteiger partial charge in [0.05, 0.1) is 13.0 Å². The van der Waals surface area contributed by atoms with Crippen molar-refractivity contribution in [3.05, 3.63) is 59.4 Å². The number of pyridine rings is 1. The van der Waals surface area contributed by atoms with Crippen molar-refractivity contribution in [2.75, 3.05) is 20.2 Å². The first-order valence-electron chi connectivity index (χ1n) is 8.10. The van der Waals surface area contributed by atoms with Crippen LogP contribution in [0, 0.1) is 0 Å². The zero-order valence-electron chi connectivity index (χ0n) is 13.5. The number of ether oxygens (including phenoxy) is 1. The molecule has 23 heavy (non-hydrogen) atoms. The SMILES string of the molecule is CN(CCc1ccncc1)C(=O)Cc1ccc2c(c1)CCCO2. The van der Waals surface area contributed by atoms with Gasteiger partial charge in [-0.25, -0.2) is 0 Å². The van der Waals surface area contributed by atoms with E-state index in [1.807, 2.05) is 31.3 Å². The lowest BCUT2D eigenvalue weighted by Crippen LogP contribution is -2.30. The van der Waals surface area contributed by atoms with Crippen molar-refractivity contribution in [2.45, 2.75) is 25.7 Å². The number of hydrogen-bond acceptors (Lipinski definition) is 3. The number of benzene rings is 1. The van der Waals surface area contributed by atoms with E-state index in [0.717, 1.165) is 43.7 Å². The van der Waals surface area contributed by atoms with Gasteiger partial charge in [-0.05, 0) is 54.2 Å². The van der Waals surface area contributed by atoms with Crippen LogP contribution in [0.15, 0.2) is 42.7 Å². The fourth-order valence-electron chi connectivity index (χ4n) is 2.80. The normalized spacial score (nSPS) is 13.1. The van der Waals surface area contributed by atoms with Crippen molar-refractivity contribution in [1.29, 1.82) is 0 Å². The number of carbonyl (C=O) groups is 1. The average molecular weight is 310 g/mol. The standard InChI is InChI=1S/C19H22N2O2/c1-21(11-8-15-6-9-20-10-7-15)19(22)14-16-4-5-18-17(13-16)3-2-12-23-18/h4-7,9-10,13H,2-3,8,11-12,14H2,1H3. The Labute approximate surface area is 137 Å². The second-order valence-corrected chi connectivity index (χ2v) is 5.99. The number of likely N-dealkylation sites (N-methyl/N-ethyl adjacent to an activating group) is 1. The predicted molar refractivity (Wildman–Crippen MR) is 89.5 cm³/mol. The van der Waals surface area contributed by atoms with Crippen molar-refractivity contribution in [1.82, 2.24) is 9.88 Å². The molecule has 1 aromatic carbocycles. The summed E-state index contributed by atoms with van der Waals surface area (Å²) in [5.41, 5.74) is 3.49. The van der Waals surface area contributed by atoms with E-state index < -0.39 is 0 Å². The van der Waals surface area contributed by atoms with Gasteiger partial charge in [0.1, 0.15) is 5.75 Å². The van der Waals surface area contributed by atoms with E-state index in [1.165, 1.54) is 11.1 Å². The second kappa shape index (κ2) is 7.27. The zero-order chi connectivity index (χ0) is 16.1. The van der Waals surface area contributed by atoms with Crippen LogP contribution in [0.25, 0.3) is 0 Å². The average Bonchev–Trinajstić information content (AvgIpc) is 2.60. The molecule has 1 aliphatic rings. The van der Waals surface area contributed by atoms with Gasteiger partial charge in [0.25, 0.3) is 0 Å². The van der Waals surface area contributed by atoms with Gasteiger partial charge in [0.15, 0.2) is 0 Å². The van der Waals surface area contributed by atoms with Crippen LogP contribution in [0.2, 0.25) is 0 Å². The topological polar surface area (TPSA) is 42.4 Å². The fourth-order valence-corrected chi connectivity index (χ4v) is 2.80. The van der Waals surface area contributed by atoms with Crippen LogP contribution in [0.3, 0.4) is 0 Å². The number of fused-ring (bicyclic) bond motifs is 1. The quantitative estimate of drug-likeness (QED) is 0.852. The molecule has 4 heteroatoms. The van der Waals surface area contributed by atoms with Gasteiger partial charge in [0, 0.05) is 26.0 Å². The van der Waals surface area contributed by atoms with E-state index in [4.69, 9.17) is 4.74 Å². The Morgan fingerprint density at radius 3 is 2.87 bits per heavy atom. The monoisotopic (exact) mass is 310 g/mol. The van der Waals surface area contributed by atoms with Crippen molar-refractivity contribution < 1.29 is 9.53 Å². The van der Waals surface area contributed by atoms with Crippen molar-refractivity contribution in [3.63, 3.8) is 0 Å². The zero-order valence-corrected chi connectivity index (χ0v) is 13.5. The molecular weight excluding hydrogens is 288 g/mol. The van der Waals surface area contributed by atoms with Gasteiger partial charge in [-0.2, -0.15) is 0 Å². The molecule has 1 aliphatic heterocycles. The van der Waals surface area contributed by atoms with E-state index in [9.17, 15) is 4.79 Å². The highest BCUT2D eigenvalue weighted by molar-refractivity contribution is 5.78. The molecule has 0 saturated carbocycles. The molecule has 2 aromatic rings. The molecule has 120 valence electrons. The van der Waals surface area contributed by atoms with Gasteiger partial charge >= 0.3 is 0 Å². The molecule has 0 fully saturated rings. The highest BCUT2D eigenvalue weighted by Gasteiger charge is 2.14. The Balaban J connectivity index is 1.56. The molecule has 2 heterocycles.